The summed E-state index contributed by atoms with van der Waals surface area (Å²) in [7, 11) is 1.70. The third-order valence-corrected chi connectivity index (χ3v) is 3.16. The van der Waals surface area contributed by atoms with Crippen LogP contribution in [0.1, 0.15) is 0 Å². The van der Waals surface area contributed by atoms with Crippen LogP contribution in [-0.4, -0.2) is 12.0 Å². The van der Waals surface area contributed by atoms with E-state index in [1.54, 1.807) is 13.1 Å². The lowest BCUT2D eigenvalue weighted by molar-refractivity contribution is 0.592. The van der Waals surface area contributed by atoms with Gasteiger partial charge in [-0.1, -0.05) is 30.3 Å². The summed E-state index contributed by atoms with van der Waals surface area (Å²) in [5, 5.41) is 3.24. The lowest BCUT2D eigenvalue weighted by Crippen LogP contribution is -1.97. The molecule has 2 nitrogen and oxygen atoms in total. The Morgan fingerprint density at radius 2 is 1.75 bits per heavy atom. The maximum absolute atomic E-state index is 13.9. The van der Waals surface area contributed by atoms with Gasteiger partial charge < -0.3 is 5.32 Å². The van der Waals surface area contributed by atoms with E-state index in [0.717, 1.165) is 11.6 Å². The van der Waals surface area contributed by atoms with Gasteiger partial charge in [-0.25, -0.2) is 13.8 Å². The number of nitrogens with one attached hydrogen (secondary N) is 1. The molecular weight excluding hydrogens is 258 g/mol. The number of halogens is 2. The van der Waals surface area contributed by atoms with E-state index < -0.39 is 11.6 Å². The Kier molecular flexibility index (Phi) is 3.06. The van der Waals surface area contributed by atoms with Crippen molar-refractivity contribution in [3.05, 3.63) is 60.2 Å². The minimum atomic E-state index is -0.630. The molecule has 0 aliphatic carbocycles. The largest absolute Gasteiger partial charge is 0.387 e. The highest BCUT2D eigenvalue weighted by Gasteiger charge is 2.12. The van der Waals surface area contributed by atoms with Crippen LogP contribution in [0.15, 0.2) is 48.5 Å². The topological polar surface area (TPSA) is 24.9 Å². The number of hydrogen-bond acceptors (Lipinski definition) is 2. The Balaban J connectivity index is 2.32. The molecular formula is C16H12F2N2. The predicted octanol–water partition coefficient (Wildman–Crippen LogP) is 4.22. The van der Waals surface area contributed by atoms with Gasteiger partial charge in [0.15, 0.2) is 0 Å². The van der Waals surface area contributed by atoms with E-state index in [1.165, 1.54) is 6.07 Å². The second kappa shape index (κ2) is 4.89. The molecule has 0 bridgehead atoms. The van der Waals surface area contributed by atoms with Crippen LogP contribution in [0.5, 0.6) is 0 Å². The van der Waals surface area contributed by atoms with Crippen molar-refractivity contribution in [1.82, 2.24) is 4.98 Å². The summed E-state index contributed by atoms with van der Waals surface area (Å²) in [5.74, 6) is -1.24. The zero-order chi connectivity index (χ0) is 14.1. The van der Waals surface area contributed by atoms with Crippen molar-refractivity contribution in [2.24, 2.45) is 0 Å². The molecule has 0 atom stereocenters. The fourth-order valence-electron chi connectivity index (χ4n) is 2.24. The van der Waals surface area contributed by atoms with E-state index in [1.807, 2.05) is 30.3 Å². The van der Waals surface area contributed by atoms with E-state index in [9.17, 15) is 8.78 Å². The molecule has 1 heterocycles. The standard InChI is InChI=1S/C16H12F2N2/c1-19-14-9-13(10-5-3-2-4-6-10)20-15-8-11(17)7-12(18)16(14)15/h2-9H,1H3,(H,19,20). The molecule has 2 aromatic carbocycles. The zero-order valence-corrected chi connectivity index (χ0v) is 10.8. The highest BCUT2D eigenvalue weighted by atomic mass is 19.1. The second-order valence-corrected chi connectivity index (χ2v) is 4.45. The molecule has 0 fully saturated rings. The Morgan fingerprint density at radius 3 is 2.45 bits per heavy atom. The molecule has 0 aliphatic rings. The van der Waals surface area contributed by atoms with Crippen LogP contribution in [0.25, 0.3) is 22.2 Å². The van der Waals surface area contributed by atoms with Crippen molar-refractivity contribution in [2.45, 2.75) is 0 Å². The van der Waals surface area contributed by atoms with Crippen molar-refractivity contribution < 1.29 is 8.78 Å². The number of fused-ring (bicyclic) bond motifs is 1. The first kappa shape index (κ1) is 12.5. The number of hydrogen-bond donors (Lipinski definition) is 1. The molecule has 1 aromatic heterocycles. The van der Waals surface area contributed by atoms with Crippen molar-refractivity contribution in [3.8, 4) is 11.3 Å². The van der Waals surface area contributed by atoms with Crippen LogP contribution < -0.4 is 5.32 Å². The Morgan fingerprint density at radius 1 is 1.00 bits per heavy atom. The number of aromatic nitrogens is 1. The summed E-state index contributed by atoms with van der Waals surface area (Å²) in [4.78, 5) is 4.36. The summed E-state index contributed by atoms with van der Waals surface area (Å²) in [6, 6.07) is 13.4. The van der Waals surface area contributed by atoms with Gasteiger partial charge in [0.2, 0.25) is 0 Å². The fraction of sp³-hybridized carbons (Fsp3) is 0.0625. The van der Waals surface area contributed by atoms with Gasteiger partial charge in [0, 0.05) is 30.4 Å². The van der Waals surface area contributed by atoms with Crippen LogP contribution >= 0.6 is 0 Å². The van der Waals surface area contributed by atoms with Gasteiger partial charge in [0.25, 0.3) is 0 Å². The lowest BCUT2D eigenvalue weighted by atomic mass is 10.1. The van der Waals surface area contributed by atoms with Crippen LogP contribution in [0, 0.1) is 11.6 Å². The number of nitrogens with zero attached hydrogens (tertiary/aromatic N) is 1. The van der Waals surface area contributed by atoms with Gasteiger partial charge in [0.1, 0.15) is 11.6 Å². The minimum absolute atomic E-state index is 0.299. The summed E-state index contributed by atoms with van der Waals surface area (Å²) in [6.07, 6.45) is 0. The molecule has 0 unspecified atom stereocenters. The summed E-state index contributed by atoms with van der Waals surface area (Å²) >= 11 is 0. The molecule has 3 rings (SSSR count). The van der Waals surface area contributed by atoms with E-state index in [4.69, 9.17) is 0 Å². The number of anilines is 1. The monoisotopic (exact) mass is 270 g/mol. The van der Waals surface area contributed by atoms with E-state index in [-0.39, 0.29) is 0 Å². The maximum Gasteiger partial charge on any atom is 0.137 e. The van der Waals surface area contributed by atoms with Crippen molar-refractivity contribution >= 4 is 16.6 Å². The van der Waals surface area contributed by atoms with Gasteiger partial charge >= 0.3 is 0 Å². The molecule has 0 saturated heterocycles. The predicted molar refractivity (Wildman–Crippen MR) is 76.6 cm³/mol. The molecule has 0 aliphatic heterocycles. The van der Waals surface area contributed by atoms with Crippen LogP contribution in [0.2, 0.25) is 0 Å². The summed E-state index contributed by atoms with van der Waals surface area (Å²) < 4.78 is 27.3. The van der Waals surface area contributed by atoms with E-state index >= 15 is 0 Å². The van der Waals surface area contributed by atoms with Gasteiger partial charge in [-0.3, -0.25) is 0 Å². The highest BCUT2D eigenvalue weighted by molar-refractivity contribution is 5.94. The first-order valence-electron chi connectivity index (χ1n) is 6.22. The normalized spacial score (nSPS) is 10.8. The van der Waals surface area contributed by atoms with Gasteiger partial charge in [0.05, 0.1) is 16.6 Å². The SMILES string of the molecule is CNc1cc(-c2ccccc2)nc2cc(F)cc(F)c12. The second-order valence-electron chi connectivity index (χ2n) is 4.45. The van der Waals surface area contributed by atoms with Gasteiger partial charge in [-0.05, 0) is 6.07 Å². The first-order valence-corrected chi connectivity index (χ1v) is 6.22. The Labute approximate surface area is 115 Å². The quantitative estimate of drug-likeness (QED) is 0.754. The van der Waals surface area contributed by atoms with Crippen molar-refractivity contribution in [1.29, 1.82) is 0 Å². The highest BCUT2D eigenvalue weighted by Crippen LogP contribution is 2.30. The number of rotatable bonds is 2. The molecule has 1 N–H and O–H groups in total. The lowest BCUT2D eigenvalue weighted by Gasteiger charge is -2.10. The molecule has 4 heteroatoms. The summed E-state index contributed by atoms with van der Waals surface area (Å²) in [6.45, 7) is 0. The molecule has 0 radical (unpaired) electrons. The van der Waals surface area contributed by atoms with Crippen LogP contribution in [0.3, 0.4) is 0 Å². The molecule has 3 aromatic rings. The summed E-state index contributed by atoms with van der Waals surface area (Å²) in [5.41, 5.74) is 2.46. The van der Waals surface area contributed by atoms with Crippen LogP contribution in [0.4, 0.5) is 14.5 Å². The first-order chi connectivity index (χ1) is 9.69. The molecule has 0 amide bonds. The van der Waals surface area contributed by atoms with Crippen molar-refractivity contribution in [2.75, 3.05) is 12.4 Å². The third kappa shape index (κ3) is 2.09. The number of benzene rings is 2. The number of pyridine rings is 1. The smallest absolute Gasteiger partial charge is 0.137 e. The third-order valence-electron chi connectivity index (χ3n) is 3.16. The van der Waals surface area contributed by atoms with Gasteiger partial charge in [-0.15, -0.1) is 0 Å². The fourth-order valence-corrected chi connectivity index (χ4v) is 2.24. The molecule has 20 heavy (non-hydrogen) atoms. The maximum atomic E-state index is 13.9. The Hall–Kier alpha value is -2.49. The van der Waals surface area contributed by atoms with Gasteiger partial charge in [-0.2, -0.15) is 0 Å². The van der Waals surface area contributed by atoms with Crippen LogP contribution in [-0.2, 0) is 0 Å². The zero-order valence-electron chi connectivity index (χ0n) is 10.8. The van der Waals surface area contributed by atoms with E-state index in [0.29, 0.717) is 22.3 Å². The van der Waals surface area contributed by atoms with E-state index in [2.05, 4.69) is 10.3 Å². The minimum Gasteiger partial charge on any atom is -0.387 e. The Bertz CT molecular complexity index is 770. The molecule has 0 saturated carbocycles. The average Bonchev–Trinajstić information content (AvgIpc) is 2.46. The molecule has 0 spiro atoms. The average molecular weight is 270 g/mol. The molecule has 100 valence electrons. The van der Waals surface area contributed by atoms with Crippen molar-refractivity contribution in [3.63, 3.8) is 0 Å².